The van der Waals surface area contributed by atoms with E-state index in [0.29, 0.717) is 22.9 Å². The number of hydrogen-bond acceptors (Lipinski definition) is 5. The molecule has 2 aromatic carbocycles. The first-order chi connectivity index (χ1) is 14.5. The van der Waals surface area contributed by atoms with Crippen LogP contribution in [0, 0.1) is 6.92 Å². The second-order valence-corrected chi connectivity index (χ2v) is 8.47. The summed E-state index contributed by atoms with van der Waals surface area (Å²) in [6.07, 6.45) is 0.175. The van der Waals surface area contributed by atoms with E-state index in [1.54, 1.807) is 19.1 Å². The van der Waals surface area contributed by atoms with Crippen molar-refractivity contribution in [2.24, 2.45) is 0 Å². The highest BCUT2D eigenvalue weighted by Gasteiger charge is 2.11. The van der Waals surface area contributed by atoms with E-state index < -0.39 is 0 Å². The van der Waals surface area contributed by atoms with Gasteiger partial charge >= 0.3 is 0 Å². The Bertz CT molecular complexity index is 1280. The molecule has 6 nitrogen and oxygen atoms in total. The molecule has 0 bridgehead atoms. The van der Waals surface area contributed by atoms with Gasteiger partial charge in [0.05, 0.1) is 12.1 Å². The number of nitrogens with one attached hydrogen (secondary N) is 2. The summed E-state index contributed by atoms with van der Waals surface area (Å²) in [5.74, 6) is 0.304. The molecule has 0 atom stereocenters. The molecule has 0 saturated carbocycles. The van der Waals surface area contributed by atoms with Gasteiger partial charge in [0.1, 0.15) is 10.8 Å². The highest BCUT2D eigenvalue weighted by molar-refractivity contribution is 9.10. The topological polar surface area (TPSA) is 87.7 Å². The lowest BCUT2D eigenvalue weighted by Gasteiger charge is -2.07. The fourth-order valence-corrected chi connectivity index (χ4v) is 4.19. The molecule has 2 heterocycles. The zero-order valence-corrected chi connectivity index (χ0v) is 18.4. The third-order valence-electron chi connectivity index (χ3n) is 4.25. The van der Waals surface area contributed by atoms with E-state index in [0.717, 1.165) is 20.6 Å². The number of anilines is 1. The van der Waals surface area contributed by atoms with Crippen molar-refractivity contribution in [1.29, 1.82) is 0 Å². The van der Waals surface area contributed by atoms with Crippen LogP contribution in [0.5, 0.6) is 0 Å². The normalized spacial score (nSPS) is 10.7. The van der Waals surface area contributed by atoms with E-state index in [4.69, 9.17) is 0 Å². The Morgan fingerprint density at radius 3 is 2.70 bits per heavy atom. The van der Waals surface area contributed by atoms with Gasteiger partial charge in [-0.15, -0.1) is 11.3 Å². The maximum atomic E-state index is 12.5. The maximum Gasteiger partial charge on any atom is 0.251 e. The number of thiazole rings is 1. The van der Waals surface area contributed by atoms with Crippen LogP contribution in [0.1, 0.15) is 11.4 Å². The number of rotatable bonds is 5. The number of H-pyrrole nitrogens is 1. The highest BCUT2D eigenvalue weighted by Crippen LogP contribution is 2.26. The average molecular weight is 481 g/mol. The minimum Gasteiger partial charge on any atom is -0.326 e. The Morgan fingerprint density at radius 2 is 1.90 bits per heavy atom. The molecular weight excluding hydrogens is 464 g/mol. The molecule has 0 unspecified atom stereocenters. The van der Waals surface area contributed by atoms with E-state index in [-0.39, 0.29) is 17.9 Å². The molecule has 0 aliphatic heterocycles. The standard InChI is InChI=1S/C22H17BrN4O2S/c1-13-8-19(28)27-21(24-13)14-4-3-7-17(10-14)25-20(29)11-18-12-30-22(26-18)15-5-2-6-16(23)9-15/h2-10,12H,11H2,1H3,(H,25,29)(H,24,27,28). The number of nitrogens with zero attached hydrogens (tertiary/aromatic N) is 2. The predicted octanol–water partition coefficient (Wildman–Crippen LogP) is 4.81. The zero-order chi connectivity index (χ0) is 21.1. The Labute approximate surface area is 185 Å². The average Bonchev–Trinajstić information content (AvgIpc) is 3.16. The molecule has 30 heavy (non-hydrogen) atoms. The molecule has 8 heteroatoms. The van der Waals surface area contributed by atoms with Crippen LogP contribution < -0.4 is 10.9 Å². The van der Waals surface area contributed by atoms with Crippen molar-refractivity contribution in [1.82, 2.24) is 15.0 Å². The number of aryl methyl sites for hydroxylation is 1. The SMILES string of the molecule is Cc1cc(=O)[nH]c(-c2cccc(NC(=O)Cc3csc(-c4cccc(Br)c4)n3)c2)n1. The van der Waals surface area contributed by atoms with Crippen LogP contribution in [0.15, 0.2) is 69.2 Å². The Balaban J connectivity index is 1.47. The molecule has 2 N–H and O–H groups in total. The van der Waals surface area contributed by atoms with Crippen molar-refractivity contribution >= 4 is 38.9 Å². The number of hydrogen-bond donors (Lipinski definition) is 2. The van der Waals surface area contributed by atoms with Crippen LogP contribution >= 0.6 is 27.3 Å². The first kappa shape index (κ1) is 20.2. The Morgan fingerprint density at radius 1 is 1.10 bits per heavy atom. The quantitative estimate of drug-likeness (QED) is 0.428. The van der Waals surface area contributed by atoms with Gasteiger partial charge in [-0.05, 0) is 31.2 Å². The molecule has 0 spiro atoms. The number of halogens is 1. The Kier molecular flexibility index (Phi) is 5.87. The maximum absolute atomic E-state index is 12.5. The second-order valence-electron chi connectivity index (χ2n) is 6.70. The predicted molar refractivity (Wildman–Crippen MR) is 123 cm³/mol. The fraction of sp³-hybridized carbons (Fsp3) is 0.0909. The summed E-state index contributed by atoms with van der Waals surface area (Å²) in [6.45, 7) is 1.76. The van der Waals surface area contributed by atoms with Gasteiger partial charge in [0.2, 0.25) is 5.91 Å². The Hall–Kier alpha value is -3.10. The second kappa shape index (κ2) is 8.73. The third kappa shape index (κ3) is 4.90. The van der Waals surface area contributed by atoms with Crippen LogP contribution in [-0.2, 0) is 11.2 Å². The van der Waals surface area contributed by atoms with E-state index in [1.165, 1.54) is 17.4 Å². The molecule has 4 rings (SSSR count). The number of amides is 1. The van der Waals surface area contributed by atoms with E-state index >= 15 is 0 Å². The largest absolute Gasteiger partial charge is 0.326 e. The number of carbonyl (C=O) groups excluding carboxylic acids is 1. The molecule has 150 valence electrons. The van der Waals surface area contributed by atoms with Crippen molar-refractivity contribution in [3.05, 3.63) is 86.2 Å². The summed E-state index contributed by atoms with van der Waals surface area (Å²) in [5.41, 5.74) is 3.50. The molecule has 0 fully saturated rings. The van der Waals surface area contributed by atoms with E-state index in [2.05, 4.69) is 36.2 Å². The lowest BCUT2D eigenvalue weighted by molar-refractivity contribution is -0.115. The third-order valence-corrected chi connectivity index (χ3v) is 5.69. The fourth-order valence-electron chi connectivity index (χ4n) is 2.97. The molecule has 4 aromatic rings. The van der Waals surface area contributed by atoms with Crippen molar-refractivity contribution in [2.45, 2.75) is 13.3 Å². The summed E-state index contributed by atoms with van der Waals surface area (Å²) in [4.78, 5) is 35.9. The van der Waals surface area contributed by atoms with E-state index in [1.807, 2.05) is 41.8 Å². The van der Waals surface area contributed by atoms with Gasteiger partial charge in [0, 0.05) is 38.4 Å². The molecule has 0 radical (unpaired) electrons. The minimum atomic E-state index is -0.211. The molecule has 0 saturated heterocycles. The minimum absolute atomic E-state index is 0.163. The van der Waals surface area contributed by atoms with Gasteiger partial charge in [-0.1, -0.05) is 40.2 Å². The monoisotopic (exact) mass is 480 g/mol. The number of aromatic amines is 1. The number of benzene rings is 2. The van der Waals surface area contributed by atoms with Crippen LogP contribution in [0.4, 0.5) is 5.69 Å². The molecule has 2 aromatic heterocycles. The molecule has 1 amide bonds. The summed E-state index contributed by atoms with van der Waals surface area (Å²) in [6, 6.07) is 16.6. The highest BCUT2D eigenvalue weighted by atomic mass is 79.9. The number of aromatic nitrogens is 3. The summed E-state index contributed by atoms with van der Waals surface area (Å²) < 4.78 is 0.985. The smallest absolute Gasteiger partial charge is 0.251 e. The first-order valence-electron chi connectivity index (χ1n) is 9.15. The van der Waals surface area contributed by atoms with Crippen molar-refractivity contribution in [2.75, 3.05) is 5.32 Å². The van der Waals surface area contributed by atoms with Gasteiger partial charge < -0.3 is 10.3 Å². The van der Waals surface area contributed by atoms with Crippen LogP contribution in [0.3, 0.4) is 0 Å². The van der Waals surface area contributed by atoms with Gasteiger partial charge in [-0.3, -0.25) is 9.59 Å². The lowest BCUT2D eigenvalue weighted by Crippen LogP contribution is -2.14. The zero-order valence-electron chi connectivity index (χ0n) is 16.0. The van der Waals surface area contributed by atoms with Crippen molar-refractivity contribution in [3.8, 4) is 22.0 Å². The van der Waals surface area contributed by atoms with Crippen molar-refractivity contribution in [3.63, 3.8) is 0 Å². The summed E-state index contributed by atoms with van der Waals surface area (Å²) in [7, 11) is 0. The summed E-state index contributed by atoms with van der Waals surface area (Å²) in [5, 5.41) is 5.65. The molecule has 0 aliphatic carbocycles. The van der Waals surface area contributed by atoms with Crippen LogP contribution in [0.25, 0.3) is 22.0 Å². The van der Waals surface area contributed by atoms with Crippen LogP contribution in [0.2, 0.25) is 0 Å². The number of carbonyl (C=O) groups is 1. The van der Waals surface area contributed by atoms with Gasteiger partial charge in [0.15, 0.2) is 0 Å². The molecular formula is C22H17BrN4O2S. The lowest BCUT2D eigenvalue weighted by atomic mass is 10.1. The van der Waals surface area contributed by atoms with E-state index in [9.17, 15) is 9.59 Å². The van der Waals surface area contributed by atoms with Gasteiger partial charge in [-0.2, -0.15) is 0 Å². The summed E-state index contributed by atoms with van der Waals surface area (Å²) >= 11 is 4.97. The van der Waals surface area contributed by atoms with Gasteiger partial charge in [0.25, 0.3) is 5.56 Å². The van der Waals surface area contributed by atoms with Crippen LogP contribution in [-0.4, -0.2) is 20.9 Å². The van der Waals surface area contributed by atoms with Gasteiger partial charge in [-0.25, -0.2) is 9.97 Å². The first-order valence-corrected chi connectivity index (χ1v) is 10.8. The van der Waals surface area contributed by atoms with Crippen molar-refractivity contribution < 1.29 is 4.79 Å². The molecule has 0 aliphatic rings.